The molecule has 0 aliphatic rings. The molecule has 0 aliphatic heterocycles. The van der Waals surface area contributed by atoms with Gasteiger partial charge in [-0.2, -0.15) is 0 Å². The van der Waals surface area contributed by atoms with Crippen molar-refractivity contribution in [1.29, 1.82) is 0 Å². The minimum atomic E-state index is -1.42. The molecule has 0 N–H and O–H groups in total. The molecule has 1 aromatic rings. The molecule has 0 unspecified atom stereocenters. The van der Waals surface area contributed by atoms with Gasteiger partial charge >= 0.3 is 0 Å². The van der Waals surface area contributed by atoms with Gasteiger partial charge in [0, 0.05) is 11.1 Å². The fourth-order valence-electron chi connectivity index (χ4n) is 1.49. The summed E-state index contributed by atoms with van der Waals surface area (Å²) in [5.41, 5.74) is 6.17. The minimum Gasteiger partial charge on any atom is -0.298 e. The van der Waals surface area contributed by atoms with Crippen molar-refractivity contribution in [3.63, 3.8) is 0 Å². The summed E-state index contributed by atoms with van der Waals surface area (Å²) in [6, 6.07) is 5.95. The third-order valence-electron chi connectivity index (χ3n) is 2.62. The molecule has 0 saturated heterocycles. The van der Waals surface area contributed by atoms with E-state index in [1.165, 1.54) is 5.56 Å². The van der Waals surface area contributed by atoms with Gasteiger partial charge in [0.05, 0.1) is 0 Å². The third kappa shape index (κ3) is 4.16. The first kappa shape index (κ1) is 14.7. The molecule has 0 aromatic heterocycles. The molecule has 0 amide bonds. The molecule has 0 bridgehead atoms. The minimum absolute atomic E-state index is 0.0804. The van der Waals surface area contributed by atoms with E-state index < -0.39 is 8.07 Å². The van der Waals surface area contributed by atoms with Crippen molar-refractivity contribution in [2.45, 2.75) is 45.8 Å². The van der Waals surface area contributed by atoms with E-state index in [0.29, 0.717) is 5.56 Å². The molecule has 1 aromatic carbocycles. The number of hydrogen-bond donors (Lipinski definition) is 0. The van der Waals surface area contributed by atoms with Crippen LogP contribution in [-0.4, -0.2) is 14.4 Å². The third-order valence-corrected chi connectivity index (χ3v) is 3.49. The lowest BCUT2D eigenvalue weighted by Gasteiger charge is -2.19. The van der Waals surface area contributed by atoms with Gasteiger partial charge in [-0.25, -0.2) is 0 Å². The van der Waals surface area contributed by atoms with Crippen LogP contribution in [0.25, 0.3) is 0 Å². The van der Waals surface area contributed by atoms with Crippen molar-refractivity contribution in [1.82, 2.24) is 0 Å². The van der Waals surface area contributed by atoms with Crippen LogP contribution >= 0.6 is 0 Å². The quantitative estimate of drug-likeness (QED) is 0.422. The molecule has 0 fully saturated rings. The Morgan fingerprint density at radius 2 is 1.78 bits per heavy atom. The number of carbonyl (C=O) groups is 1. The van der Waals surface area contributed by atoms with E-state index in [-0.39, 0.29) is 5.41 Å². The van der Waals surface area contributed by atoms with Gasteiger partial charge in [0.2, 0.25) is 0 Å². The zero-order valence-corrected chi connectivity index (χ0v) is 13.2. The molecular formula is C16H22OSi. The lowest BCUT2D eigenvalue weighted by Crippen LogP contribution is -2.16. The molecule has 0 radical (unpaired) electrons. The largest absolute Gasteiger partial charge is 0.298 e. The molecular weight excluding hydrogens is 236 g/mol. The first-order valence-electron chi connectivity index (χ1n) is 6.26. The van der Waals surface area contributed by atoms with E-state index in [0.717, 1.165) is 11.8 Å². The highest BCUT2D eigenvalue weighted by atomic mass is 28.3. The Balaban J connectivity index is 3.31. The summed E-state index contributed by atoms with van der Waals surface area (Å²) in [5.74, 6) is 3.20. The Hall–Kier alpha value is -1.33. The highest BCUT2D eigenvalue weighted by Gasteiger charge is 2.15. The first-order valence-corrected chi connectivity index (χ1v) is 9.76. The van der Waals surface area contributed by atoms with E-state index in [1.807, 2.05) is 12.1 Å². The van der Waals surface area contributed by atoms with Crippen LogP contribution in [0.3, 0.4) is 0 Å². The van der Waals surface area contributed by atoms with Gasteiger partial charge in [0.1, 0.15) is 8.07 Å². The molecule has 0 aliphatic carbocycles. The second-order valence-corrected chi connectivity index (χ2v) is 11.4. The van der Waals surface area contributed by atoms with Gasteiger partial charge < -0.3 is 0 Å². The van der Waals surface area contributed by atoms with Gasteiger partial charge in [-0.1, -0.05) is 58.5 Å². The molecule has 2 heteroatoms. The normalized spacial score (nSPS) is 11.7. The second-order valence-electron chi connectivity index (χ2n) is 6.67. The Morgan fingerprint density at radius 1 is 1.17 bits per heavy atom. The van der Waals surface area contributed by atoms with Crippen LogP contribution in [0.2, 0.25) is 19.6 Å². The predicted octanol–water partition coefficient (Wildman–Crippen LogP) is 4.03. The van der Waals surface area contributed by atoms with Crippen LogP contribution in [0.5, 0.6) is 0 Å². The van der Waals surface area contributed by atoms with Gasteiger partial charge in [-0.05, 0) is 17.0 Å². The van der Waals surface area contributed by atoms with Crippen molar-refractivity contribution in [2.75, 3.05) is 0 Å². The number of aldehydes is 1. The summed E-state index contributed by atoms with van der Waals surface area (Å²) in [4.78, 5) is 11.1. The summed E-state index contributed by atoms with van der Waals surface area (Å²) in [5, 5.41) is 0. The van der Waals surface area contributed by atoms with Crippen LogP contribution in [0.1, 0.15) is 42.3 Å². The number of hydrogen-bond acceptors (Lipinski definition) is 1. The Labute approximate surface area is 112 Å². The lowest BCUT2D eigenvalue weighted by atomic mass is 9.85. The maximum atomic E-state index is 11.1. The molecule has 0 saturated carbocycles. The van der Waals surface area contributed by atoms with E-state index in [1.54, 1.807) is 0 Å². The van der Waals surface area contributed by atoms with Gasteiger partial charge in [0.15, 0.2) is 6.29 Å². The summed E-state index contributed by atoms with van der Waals surface area (Å²) < 4.78 is 0. The SMILES string of the molecule is CC(C)(C)c1ccc(C=O)c(C#C[Si](C)(C)C)c1. The Morgan fingerprint density at radius 3 is 2.22 bits per heavy atom. The first-order chi connectivity index (χ1) is 8.13. The second kappa shape index (κ2) is 5.12. The zero-order valence-electron chi connectivity index (χ0n) is 12.2. The monoisotopic (exact) mass is 258 g/mol. The average Bonchev–Trinajstić information content (AvgIpc) is 2.23. The van der Waals surface area contributed by atoms with Crippen LogP contribution < -0.4 is 0 Å². The van der Waals surface area contributed by atoms with Crippen molar-refractivity contribution in [3.05, 3.63) is 34.9 Å². The van der Waals surface area contributed by atoms with Crippen molar-refractivity contribution >= 4 is 14.4 Å². The number of benzene rings is 1. The van der Waals surface area contributed by atoms with Crippen molar-refractivity contribution in [3.8, 4) is 11.5 Å². The molecule has 1 rings (SSSR count). The number of rotatable bonds is 1. The van der Waals surface area contributed by atoms with E-state index >= 15 is 0 Å². The number of carbonyl (C=O) groups excluding carboxylic acids is 1. The fraction of sp³-hybridized carbons (Fsp3) is 0.438. The van der Waals surface area contributed by atoms with Crippen LogP contribution in [0.4, 0.5) is 0 Å². The fourth-order valence-corrected chi connectivity index (χ4v) is 2.00. The van der Waals surface area contributed by atoms with Gasteiger partial charge in [-0.15, -0.1) is 5.54 Å². The molecule has 1 nitrogen and oxygen atoms in total. The predicted molar refractivity (Wildman–Crippen MR) is 80.8 cm³/mol. The van der Waals surface area contributed by atoms with E-state index in [2.05, 4.69) is 57.9 Å². The summed E-state index contributed by atoms with van der Waals surface area (Å²) in [6.07, 6.45) is 0.890. The highest BCUT2D eigenvalue weighted by Crippen LogP contribution is 2.24. The Bertz CT molecular complexity index is 505. The van der Waals surface area contributed by atoms with Gasteiger partial charge in [-0.3, -0.25) is 4.79 Å². The lowest BCUT2D eigenvalue weighted by molar-refractivity contribution is 0.112. The van der Waals surface area contributed by atoms with Crippen molar-refractivity contribution < 1.29 is 4.79 Å². The molecule has 18 heavy (non-hydrogen) atoms. The van der Waals surface area contributed by atoms with Crippen LogP contribution in [0.15, 0.2) is 18.2 Å². The van der Waals surface area contributed by atoms with Gasteiger partial charge in [0.25, 0.3) is 0 Å². The van der Waals surface area contributed by atoms with E-state index in [4.69, 9.17) is 0 Å². The van der Waals surface area contributed by atoms with Crippen LogP contribution in [0, 0.1) is 11.5 Å². The van der Waals surface area contributed by atoms with Crippen LogP contribution in [-0.2, 0) is 5.41 Å². The molecule has 0 spiro atoms. The summed E-state index contributed by atoms with van der Waals surface area (Å²) in [6.45, 7) is 13.1. The molecule has 0 heterocycles. The zero-order chi connectivity index (χ0) is 14.0. The topological polar surface area (TPSA) is 17.1 Å². The smallest absolute Gasteiger partial charge is 0.151 e. The van der Waals surface area contributed by atoms with Crippen molar-refractivity contribution in [2.24, 2.45) is 0 Å². The standard InChI is InChI=1S/C16H22OSi/c1-16(2,3)15-8-7-14(12-17)13(11-15)9-10-18(4,5)6/h7-8,11-12H,1-6H3. The average molecular weight is 258 g/mol. The maximum Gasteiger partial charge on any atom is 0.151 e. The molecule has 0 atom stereocenters. The highest BCUT2D eigenvalue weighted by molar-refractivity contribution is 6.83. The Kier molecular flexibility index (Phi) is 4.19. The molecule has 96 valence electrons. The summed E-state index contributed by atoms with van der Waals surface area (Å²) >= 11 is 0. The van der Waals surface area contributed by atoms with E-state index in [9.17, 15) is 4.79 Å². The summed E-state index contributed by atoms with van der Waals surface area (Å²) in [7, 11) is -1.42. The maximum absolute atomic E-state index is 11.1.